The van der Waals surface area contributed by atoms with Crippen molar-refractivity contribution in [2.24, 2.45) is 23.7 Å². The highest BCUT2D eigenvalue weighted by Gasteiger charge is 2.46. The summed E-state index contributed by atoms with van der Waals surface area (Å²) in [5, 5.41) is 3.65. The molecule has 1 N–H and O–H groups in total. The zero-order chi connectivity index (χ0) is 10.9. The van der Waals surface area contributed by atoms with Gasteiger partial charge < -0.3 is 5.32 Å². The van der Waals surface area contributed by atoms with Gasteiger partial charge in [-0.15, -0.1) is 0 Å². The zero-order valence-electron chi connectivity index (χ0n) is 10.3. The van der Waals surface area contributed by atoms with Crippen LogP contribution in [-0.4, -0.2) is 6.54 Å². The van der Waals surface area contributed by atoms with Gasteiger partial charge in [-0.05, 0) is 43.1 Å². The molecule has 0 saturated heterocycles. The molecule has 1 nitrogen and oxygen atoms in total. The van der Waals surface area contributed by atoms with Crippen molar-refractivity contribution in [3.05, 3.63) is 22.4 Å². The Morgan fingerprint density at radius 2 is 1.62 bits per heavy atom. The summed E-state index contributed by atoms with van der Waals surface area (Å²) in [5.74, 6) is 3.62. The molecular weight excluding hydrogens is 194 g/mol. The van der Waals surface area contributed by atoms with Crippen LogP contribution in [0.5, 0.6) is 0 Å². The van der Waals surface area contributed by atoms with Crippen LogP contribution in [-0.2, 0) is 0 Å². The molecule has 1 heterocycles. The van der Waals surface area contributed by atoms with E-state index in [9.17, 15) is 0 Å². The Morgan fingerprint density at radius 3 is 2.38 bits per heavy atom. The molecule has 1 saturated carbocycles. The van der Waals surface area contributed by atoms with Crippen LogP contribution in [0, 0.1) is 23.7 Å². The van der Waals surface area contributed by atoms with Gasteiger partial charge >= 0.3 is 0 Å². The minimum atomic E-state index is 0.713. The molecule has 4 aliphatic rings. The highest BCUT2D eigenvalue weighted by atomic mass is 14.9. The van der Waals surface area contributed by atoms with Crippen LogP contribution in [0.15, 0.2) is 22.4 Å². The van der Waals surface area contributed by atoms with Crippen molar-refractivity contribution < 1.29 is 0 Å². The first kappa shape index (κ1) is 9.32. The first-order valence-corrected chi connectivity index (χ1v) is 6.94. The van der Waals surface area contributed by atoms with E-state index < -0.39 is 0 Å². The van der Waals surface area contributed by atoms with E-state index in [0.717, 1.165) is 17.8 Å². The Bertz CT molecular complexity index is 379. The third-order valence-electron chi connectivity index (χ3n) is 5.50. The van der Waals surface area contributed by atoms with Crippen LogP contribution in [0.4, 0.5) is 0 Å². The maximum Gasteiger partial charge on any atom is 0.0182 e. The van der Waals surface area contributed by atoms with Crippen LogP contribution < -0.4 is 5.32 Å². The zero-order valence-corrected chi connectivity index (χ0v) is 10.3. The van der Waals surface area contributed by atoms with E-state index in [0.29, 0.717) is 5.92 Å². The van der Waals surface area contributed by atoms with Gasteiger partial charge in [0.2, 0.25) is 0 Å². The molecule has 4 rings (SSSR count). The van der Waals surface area contributed by atoms with Crippen molar-refractivity contribution in [3.63, 3.8) is 0 Å². The van der Waals surface area contributed by atoms with Crippen molar-refractivity contribution in [2.45, 2.75) is 39.5 Å². The molecule has 0 aromatic carbocycles. The van der Waals surface area contributed by atoms with E-state index in [1.807, 2.05) is 11.1 Å². The van der Waals surface area contributed by atoms with Crippen LogP contribution in [0.3, 0.4) is 0 Å². The Balaban J connectivity index is 1.77. The summed E-state index contributed by atoms with van der Waals surface area (Å²) in [6, 6.07) is 0. The van der Waals surface area contributed by atoms with Gasteiger partial charge in [-0.3, -0.25) is 0 Å². The number of fused-ring (bicyclic) bond motifs is 1. The molecule has 0 spiro atoms. The number of nitrogens with one attached hydrogen (secondary N) is 1. The summed E-state index contributed by atoms with van der Waals surface area (Å²) in [6.45, 7) is 6.07. The summed E-state index contributed by atoms with van der Waals surface area (Å²) >= 11 is 0. The molecule has 1 aliphatic heterocycles. The highest BCUT2D eigenvalue weighted by Crippen LogP contribution is 2.57. The molecule has 0 bridgehead atoms. The van der Waals surface area contributed by atoms with E-state index in [-0.39, 0.29) is 0 Å². The van der Waals surface area contributed by atoms with Crippen molar-refractivity contribution in [3.8, 4) is 0 Å². The van der Waals surface area contributed by atoms with Crippen molar-refractivity contribution in [2.75, 3.05) is 6.54 Å². The van der Waals surface area contributed by atoms with Crippen LogP contribution in [0.1, 0.15) is 39.5 Å². The molecule has 0 amide bonds. The smallest absolute Gasteiger partial charge is 0.0182 e. The second-order valence-electron chi connectivity index (χ2n) is 6.27. The SMILES string of the molecule is CC1C2=C(CC3CC3C2)C(C)C2=C1CCN2. The molecular formula is C15H21N. The second-order valence-corrected chi connectivity index (χ2v) is 6.27. The standard InChI is InChI=1S/C15H21N/c1-8-12-3-4-16-15(12)9(2)14-7-11-5-10(11)6-13(8)14/h8-11,16H,3-7H2,1-2H3. The van der Waals surface area contributed by atoms with E-state index >= 15 is 0 Å². The first-order valence-electron chi connectivity index (χ1n) is 6.94. The lowest BCUT2D eigenvalue weighted by Gasteiger charge is -2.35. The maximum absolute atomic E-state index is 3.65. The van der Waals surface area contributed by atoms with Crippen LogP contribution in [0.25, 0.3) is 0 Å². The molecule has 0 radical (unpaired) electrons. The van der Waals surface area contributed by atoms with Gasteiger partial charge in [0, 0.05) is 24.1 Å². The molecule has 4 unspecified atom stereocenters. The van der Waals surface area contributed by atoms with Gasteiger partial charge in [-0.25, -0.2) is 0 Å². The fourth-order valence-electron chi connectivity index (χ4n) is 4.39. The van der Waals surface area contributed by atoms with Gasteiger partial charge in [0.1, 0.15) is 0 Å². The van der Waals surface area contributed by atoms with Crippen molar-refractivity contribution >= 4 is 0 Å². The van der Waals surface area contributed by atoms with E-state index in [2.05, 4.69) is 19.2 Å². The quantitative estimate of drug-likeness (QED) is 0.612. The third kappa shape index (κ3) is 1.07. The van der Waals surface area contributed by atoms with Crippen LogP contribution in [0.2, 0.25) is 0 Å². The van der Waals surface area contributed by atoms with Crippen molar-refractivity contribution in [1.82, 2.24) is 5.32 Å². The van der Waals surface area contributed by atoms with E-state index in [1.165, 1.54) is 32.2 Å². The molecule has 0 aromatic rings. The van der Waals surface area contributed by atoms with Gasteiger partial charge in [0.05, 0.1) is 0 Å². The number of rotatable bonds is 0. The minimum absolute atomic E-state index is 0.713. The summed E-state index contributed by atoms with van der Waals surface area (Å²) in [7, 11) is 0. The van der Waals surface area contributed by atoms with Gasteiger partial charge in [0.15, 0.2) is 0 Å². The maximum atomic E-state index is 3.65. The lowest BCUT2D eigenvalue weighted by molar-refractivity contribution is 0.513. The molecule has 16 heavy (non-hydrogen) atoms. The largest absolute Gasteiger partial charge is 0.388 e. The summed E-state index contributed by atoms with van der Waals surface area (Å²) in [6.07, 6.45) is 5.67. The minimum Gasteiger partial charge on any atom is -0.388 e. The van der Waals surface area contributed by atoms with Crippen LogP contribution >= 0.6 is 0 Å². The Morgan fingerprint density at radius 1 is 0.938 bits per heavy atom. The highest BCUT2D eigenvalue weighted by molar-refractivity contribution is 5.43. The monoisotopic (exact) mass is 215 g/mol. The summed E-state index contributed by atoms with van der Waals surface area (Å²) < 4.78 is 0. The Kier molecular flexibility index (Phi) is 1.71. The predicted octanol–water partition coefficient (Wildman–Crippen LogP) is 3.25. The Hall–Kier alpha value is -0.720. The first-order chi connectivity index (χ1) is 7.75. The molecule has 1 heteroatoms. The van der Waals surface area contributed by atoms with E-state index in [1.54, 1.807) is 11.3 Å². The molecule has 3 aliphatic carbocycles. The number of hydrogen-bond donors (Lipinski definition) is 1. The van der Waals surface area contributed by atoms with Gasteiger partial charge in [-0.1, -0.05) is 25.0 Å². The van der Waals surface area contributed by atoms with Gasteiger partial charge in [0.25, 0.3) is 0 Å². The Labute approximate surface area is 98.0 Å². The summed E-state index contributed by atoms with van der Waals surface area (Å²) in [5.41, 5.74) is 7.00. The fourth-order valence-corrected chi connectivity index (χ4v) is 4.39. The summed E-state index contributed by atoms with van der Waals surface area (Å²) in [4.78, 5) is 0. The average molecular weight is 215 g/mol. The van der Waals surface area contributed by atoms with Gasteiger partial charge in [-0.2, -0.15) is 0 Å². The predicted molar refractivity (Wildman–Crippen MR) is 65.8 cm³/mol. The number of allylic oxidation sites excluding steroid dienone is 2. The van der Waals surface area contributed by atoms with E-state index in [4.69, 9.17) is 0 Å². The van der Waals surface area contributed by atoms with Crippen molar-refractivity contribution in [1.29, 1.82) is 0 Å². The molecule has 86 valence electrons. The third-order valence-corrected chi connectivity index (χ3v) is 5.50. The second kappa shape index (κ2) is 2.94. The molecule has 1 fully saturated rings. The topological polar surface area (TPSA) is 12.0 Å². The lowest BCUT2D eigenvalue weighted by Crippen LogP contribution is -2.25. The fraction of sp³-hybridized carbons (Fsp3) is 0.733. The molecule has 4 atom stereocenters. The lowest BCUT2D eigenvalue weighted by atomic mass is 9.71. The number of hydrogen-bond acceptors (Lipinski definition) is 1. The molecule has 0 aromatic heterocycles. The normalized spacial score (nSPS) is 44.9. The average Bonchev–Trinajstić information content (AvgIpc) is 2.87.